The molecule has 0 fully saturated rings. The number of rotatable bonds is 6. The predicted molar refractivity (Wildman–Crippen MR) is 83.0 cm³/mol. The molecular weight excluding hydrogens is 246 g/mol. The highest BCUT2D eigenvalue weighted by Crippen LogP contribution is 2.15. The Kier molecular flexibility index (Phi) is 5.08. The fraction of sp³-hybridized carbons (Fsp3) is 0.278. The second-order valence-electron chi connectivity index (χ2n) is 5.38. The molecule has 0 aliphatic rings. The van der Waals surface area contributed by atoms with Crippen molar-refractivity contribution in [3.63, 3.8) is 0 Å². The van der Waals surface area contributed by atoms with Crippen LogP contribution in [0, 0.1) is 5.92 Å². The molecule has 0 radical (unpaired) electrons. The summed E-state index contributed by atoms with van der Waals surface area (Å²) in [5, 5.41) is 0. The van der Waals surface area contributed by atoms with E-state index in [2.05, 4.69) is 17.0 Å². The van der Waals surface area contributed by atoms with E-state index in [4.69, 9.17) is 0 Å². The molecule has 20 heavy (non-hydrogen) atoms. The van der Waals surface area contributed by atoms with Crippen LogP contribution in [0.25, 0.3) is 0 Å². The van der Waals surface area contributed by atoms with Crippen molar-refractivity contribution in [1.29, 1.82) is 0 Å². The van der Waals surface area contributed by atoms with Crippen LogP contribution >= 0.6 is 0 Å². The molecule has 0 saturated carbocycles. The molecule has 0 aliphatic heterocycles. The van der Waals surface area contributed by atoms with Crippen molar-refractivity contribution in [2.45, 2.75) is 6.42 Å². The summed E-state index contributed by atoms with van der Waals surface area (Å²) in [6.45, 7) is 0.766. The van der Waals surface area contributed by atoms with Crippen LogP contribution in [0.2, 0.25) is 0 Å². The van der Waals surface area contributed by atoms with Crippen LogP contribution in [0.4, 0.5) is 0 Å². The SMILES string of the molecule is CN(C)C[C@@H](Cc1ccccc1)C(=O)c1ccccc1. The van der Waals surface area contributed by atoms with Crippen molar-refractivity contribution in [2.24, 2.45) is 5.92 Å². The molecule has 0 bridgehead atoms. The first kappa shape index (κ1) is 14.5. The van der Waals surface area contributed by atoms with Gasteiger partial charge in [0.2, 0.25) is 0 Å². The zero-order valence-electron chi connectivity index (χ0n) is 12.1. The maximum absolute atomic E-state index is 12.7. The smallest absolute Gasteiger partial charge is 0.167 e. The average molecular weight is 267 g/mol. The lowest BCUT2D eigenvalue weighted by Gasteiger charge is -2.20. The van der Waals surface area contributed by atoms with E-state index >= 15 is 0 Å². The standard InChI is InChI=1S/C18H21NO/c1-19(2)14-17(13-15-9-5-3-6-10-15)18(20)16-11-7-4-8-12-16/h3-12,17H,13-14H2,1-2H3/t17-/m1/s1. The van der Waals surface area contributed by atoms with Gasteiger partial charge in [0.15, 0.2) is 5.78 Å². The van der Waals surface area contributed by atoms with Crippen molar-refractivity contribution in [1.82, 2.24) is 4.90 Å². The van der Waals surface area contributed by atoms with Gasteiger partial charge in [-0.05, 0) is 26.1 Å². The molecule has 0 N–H and O–H groups in total. The Morgan fingerprint density at radius 2 is 1.50 bits per heavy atom. The third-order valence-electron chi connectivity index (χ3n) is 3.34. The largest absolute Gasteiger partial charge is 0.309 e. The number of carbonyl (C=O) groups is 1. The van der Waals surface area contributed by atoms with Gasteiger partial charge in [-0.25, -0.2) is 0 Å². The molecule has 0 heterocycles. The van der Waals surface area contributed by atoms with E-state index in [-0.39, 0.29) is 11.7 Å². The van der Waals surface area contributed by atoms with Crippen molar-refractivity contribution in [3.05, 3.63) is 71.8 Å². The summed E-state index contributed by atoms with van der Waals surface area (Å²) >= 11 is 0. The van der Waals surface area contributed by atoms with Crippen molar-refractivity contribution >= 4 is 5.78 Å². The molecule has 0 amide bonds. The van der Waals surface area contributed by atoms with Gasteiger partial charge >= 0.3 is 0 Å². The van der Waals surface area contributed by atoms with E-state index < -0.39 is 0 Å². The maximum atomic E-state index is 12.7. The zero-order chi connectivity index (χ0) is 14.4. The summed E-state index contributed by atoms with van der Waals surface area (Å²) in [6.07, 6.45) is 0.784. The minimum Gasteiger partial charge on any atom is -0.309 e. The fourth-order valence-electron chi connectivity index (χ4n) is 2.42. The summed E-state index contributed by atoms with van der Waals surface area (Å²) in [6, 6.07) is 19.8. The maximum Gasteiger partial charge on any atom is 0.167 e. The molecule has 0 aliphatic carbocycles. The van der Waals surface area contributed by atoms with Crippen LogP contribution in [-0.4, -0.2) is 31.3 Å². The molecule has 1 atom stereocenters. The number of carbonyl (C=O) groups excluding carboxylic acids is 1. The minimum absolute atomic E-state index is 0.00481. The molecule has 0 spiro atoms. The molecule has 2 nitrogen and oxygen atoms in total. The van der Waals surface area contributed by atoms with E-state index in [1.165, 1.54) is 5.56 Å². The third-order valence-corrected chi connectivity index (χ3v) is 3.34. The number of hydrogen-bond acceptors (Lipinski definition) is 2. The van der Waals surface area contributed by atoms with Crippen molar-refractivity contribution in [3.8, 4) is 0 Å². The summed E-state index contributed by atoms with van der Waals surface area (Å²) in [7, 11) is 4.02. The van der Waals surface area contributed by atoms with Gasteiger partial charge in [0, 0.05) is 18.0 Å². The van der Waals surface area contributed by atoms with E-state index in [1.807, 2.05) is 62.6 Å². The van der Waals surface area contributed by atoms with Crippen LogP contribution in [-0.2, 0) is 6.42 Å². The highest BCUT2D eigenvalue weighted by molar-refractivity contribution is 5.98. The summed E-state index contributed by atoms with van der Waals surface area (Å²) in [5.74, 6) is 0.220. The second-order valence-corrected chi connectivity index (χ2v) is 5.38. The molecule has 2 rings (SSSR count). The van der Waals surface area contributed by atoms with E-state index in [1.54, 1.807) is 0 Å². The van der Waals surface area contributed by atoms with E-state index in [0.29, 0.717) is 0 Å². The Hall–Kier alpha value is -1.93. The second kappa shape index (κ2) is 7.01. The zero-order valence-corrected chi connectivity index (χ0v) is 12.1. The number of Topliss-reactive ketones (excluding diaryl/α,β-unsaturated/α-hetero) is 1. The summed E-state index contributed by atoms with van der Waals surface area (Å²) in [4.78, 5) is 14.7. The minimum atomic E-state index is -0.00481. The van der Waals surface area contributed by atoms with Gasteiger partial charge in [-0.3, -0.25) is 4.79 Å². The van der Waals surface area contributed by atoms with E-state index in [0.717, 1.165) is 18.5 Å². The fourth-order valence-corrected chi connectivity index (χ4v) is 2.42. The van der Waals surface area contributed by atoms with Gasteiger partial charge in [0.25, 0.3) is 0 Å². The van der Waals surface area contributed by atoms with Crippen LogP contribution in [0.3, 0.4) is 0 Å². The van der Waals surface area contributed by atoms with Gasteiger partial charge in [-0.2, -0.15) is 0 Å². The number of benzene rings is 2. The van der Waals surface area contributed by atoms with Gasteiger partial charge in [-0.15, -0.1) is 0 Å². The summed E-state index contributed by atoms with van der Waals surface area (Å²) < 4.78 is 0. The Labute approximate surface area is 121 Å². The van der Waals surface area contributed by atoms with Gasteiger partial charge in [0.1, 0.15) is 0 Å². The monoisotopic (exact) mass is 267 g/mol. The molecule has 2 aromatic rings. The molecular formula is C18H21NO. The first-order valence-corrected chi connectivity index (χ1v) is 6.94. The number of hydrogen-bond donors (Lipinski definition) is 0. The van der Waals surface area contributed by atoms with Crippen LogP contribution < -0.4 is 0 Å². The summed E-state index contributed by atoms with van der Waals surface area (Å²) in [5.41, 5.74) is 2.01. The van der Waals surface area contributed by atoms with Crippen LogP contribution in [0.1, 0.15) is 15.9 Å². The lowest BCUT2D eigenvalue weighted by atomic mass is 9.91. The molecule has 0 aromatic heterocycles. The Morgan fingerprint density at radius 1 is 0.950 bits per heavy atom. The number of nitrogens with zero attached hydrogens (tertiary/aromatic N) is 1. The predicted octanol–water partition coefficient (Wildman–Crippen LogP) is 3.29. The first-order valence-electron chi connectivity index (χ1n) is 6.94. The molecule has 2 heteroatoms. The molecule has 0 unspecified atom stereocenters. The van der Waals surface area contributed by atoms with Crippen molar-refractivity contribution in [2.75, 3.05) is 20.6 Å². The first-order chi connectivity index (χ1) is 9.66. The molecule has 0 saturated heterocycles. The Balaban J connectivity index is 2.17. The van der Waals surface area contributed by atoms with Gasteiger partial charge < -0.3 is 4.90 Å². The van der Waals surface area contributed by atoms with E-state index in [9.17, 15) is 4.79 Å². The van der Waals surface area contributed by atoms with Gasteiger partial charge in [-0.1, -0.05) is 60.7 Å². The molecule has 2 aromatic carbocycles. The normalized spacial score (nSPS) is 12.3. The highest BCUT2D eigenvalue weighted by atomic mass is 16.1. The lowest BCUT2D eigenvalue weighted by molar-refractivity contribution is 0.0896. The average Bonchev–Trinajstić information content (AvgIpc) is 2.47. The van der Waals surface area contributed by atoms with Crippen molar-refractivity contribution < 1.29 is 4.79 Å². The Morgan fingerprint density at radius 3 is 2.05 bits per heavy atom. The Bertz CT molecular complexity index is 534. The number of ketones is 1. The third kappa shape index (κ3) is 4.04. The van der Waals surface area contributed by atoms with Crippen LogP contribution in [0.15, 0.2) is 60.7 Å². The highest BCUT2D eigenvalue weighted by Gasteiger charge is 2.21. The lowest BCUT2D eigenvalue weighted by Crippen LogP contribution is -2.29. The van der Waals surface area contributed by atoms with Gasteiger partial charge in [0.05, 0.1) is 0 Å². The topological polar surface area (TPSA) is 20.3 Å². The van der Waals surface area contributed by atoms with Crippen LogP contribution in [0.5, 0.6) is 0 Å². The molecule has 104 valence electrons. The quantitative estimate of drug-likeness (QED) is 0.749.